The number of carbonyl (C=O) groups excluding carboxylic acids is 1. The smallest absolute Gasteiger partial charge is 0.305 e. The maximum Gasteiger partial charge on any atom is 0.305 e. The van der Waals surface area contributed by atoms with Gasteiger partial charge >= 0.3 is 5.97 Å². The van der Waals surface area contributed by atoms with Gasteiger partial charge in [0.1, 0.15) is 12.2 Å². The van der Waals surface area contributed by atoms with E-state index in [0.717, 1.165) is 12.0 Å². The number of allylic oxidation sites excluding steroid dienone is 2. The van der Waals surface area contributed by atoms with E-state index in [1.807, 2.05) is 57.3 Å². The summed E-state index contributed by atoms with van der Waals surface area (Å²) in [5.41, 5.74) is 1.31. The standard InChI is InChI=1S/C20H29NO3Si/c1-17(2)10-9-13-20(3,16-21)24-25(4,5)15-19(22)23-14-18-11-7-6-8-12-18/h6-8,10-12H,9,13-15H2,1-5H3. The highest BCUT2D eigenvalue weighted by atomic mass is 28.4. The van der Waals surface area contributed by atoms with Crippen LogP contribution in [0.3, 0.4) is 0 Å². The minimum atomic E-state index is -2.36. The molecular formula is C20H29NO3Si. The van der Waals surface area contributed by atoms with E-state index in [-0.39, 0.29) is 18.6 Å². The fourth-order valence-corrected chi connectivity index (χ4v) is 4.79. The second-order valence-electron chi connectivity index (χ2n) is 7.35. The van der Waals surface area contributed by atoms with Crippen LogP contribution < -0.4 is 0 Å². The second-order valence-corrected chi connectivity index (χ2v) is 11.4. The molecule has 0 heterocycles. The van der Waals surface area contributed by atoms with Gasteiger partial charge in [0.25, 0.3) is 0 Å². The predicted molar refractivity (Wildman–Crippen MR) is 102 cm³/mol. The maximum absolute atomic E-state index is 12.1. The first-order valence-corrected chi connectivity index (χ1v) is 11.7. The lowest BCUT2D eigenvalue weighted by Crippen LogP contribution is -2.43. The van der Waals surface area contributed by atoms with Crippen LogP contribution in [0.15, 0.2) is 42.0 Å². The molecule has 1 rings (SSSR count). The van der Waals surface area contributed by atoms with Crippen LogP contribution in [0.1, 0.15) is 39.2 Å². The summed E-state index contributed by atoms with van der Waals surface area (Å²) in [5, 5.41) is 9.51. The molecule has 0 aliphatic heterocycles. The van der Waals surface area contributed by atoms with Crippen molar-refractivity contribution in [1.82, 2.24) is 0 Å². The molecule has 25 heavy (non-hydrogen) atoms. The summed E-state index contributed by atoms with van der Waals surface area (Å²) in [5.74, 6) is -0.273. The SMILES string of the molecule is CC(C)=CCCC(C)(C#N)O[Si](C)(C)CC(=O)OCc1ccccc1. The number of nitriles is 1. The number of esters is 1. The maximum atomic E-state index is 12.1. The van der Waals surface area contributed by atoms with E-state index < -0.39 is 13.9 Å². The summed E-state index contributed by atoms with van der Waals surface area (Å²) >= 11 is 0. The van der Waals surface area contributed by atoms with E-state index in [1.54, 1.807) is 6.92 Å². The van der Waals surface area contributed by atoms with E-state index in [1.165, 1.54) is 5.57 Å². The van der Waals surface area contributed by atoms with Gasteiger partial charge in [-0.25, -0.2) is 0 Å². The molecule has 136 valence electrons. The molecular weight excluding hydrogens is 330 g/mol. The molecule has 0 saturated heterocycles. The van der Waals surface area contributed by atoms with Crippen LogP contribution in [0.2, 0.25) is 19.1 Å². The number of ether oxygens (including phenoxy) is 1. The van der Waals surface area contributed by atoms with Crippen molar-refractivity contribution in [3.8, 4) is 6.07 Å². The summed E-state index contributed by atoms with van der Waals surface area (Å²) < 4.78 is 11.5. The zero-order chi connectivity index (χ0) is 18.9. The van der Waals surface area contributed by atoms with Crippen molar-refractivity contribution in [1.29, 1.82) is 5.26 Å². The van der Waals surface area contributed by atoms with Gasteiger partial charge in [-0.2, -0.15) is 5.26 Å². The fourth-order valence-electron chi connectivity index (χ4n) is 2.55. The Kier molecular flexibility index (Phi) is 8.07. The molecule has 1 aromatic rings. The van der Waals surface area contributed by atoms with Gasteiger partial charge in [-0.15, -0.1) is 0 Å². The summed E-state index contributed by atoms with van der Waals surface area (Å²) in [6.45, 7) is 10.0. The van der Waals surface area contributed by atoms with Gasteiger partial charge in [-0.05, 0) is 52.3 Å². The summed E-state index contributed by atoms with van der Waals surface area (Å²) in [4.78, 5) is 12.1. The minimum absolute atomic E-state index is 0.236. The third-order valence-corrected chi connectivity index (χ3v) is 5.87. The Balaban J connectivity index is 2.55. The zero-order valence-corrected chi connectivity index (χ0v) is 17.0. The molecule has 0 N–H and O–H groups in total. The van der Waals surface area contributed by atoms with Crippen LogP contribution in [0.4, 0.5) is 0 Å². The molecule has 0 spiro atoms. The molecule has 0 aromatic heterocycles. The molecule has 0 saturated carbocycles. The highest BCUT2D eigenvalue weighted by Gasteiger charge is 2.36. The Morgan fingerprint density at radius 1 is 1.28 bits per heavy atom. The average Bonchev–Trinajstić information content (AvgIpc) is 2.52. The van der Waals surface area contributed by atoms with E-state index >= 15 is 0 Å². The lowest BCUT2D eigenvalue weighted by molar-refractivity contribution is -0.142. The highest BCUT2D eigenvalue weighted by molar-refractivity contribution is 6.74. The van der Waals surface area contributed by atoms with Crippen LogP contribution in [0, 0.1) is 11.3 Å². The number of nitrogens with zero attached hydrogens (tertiary/aromatic N) is 1. The van der Waals surface area contributed by atoms with Crippen LogP contribution in [0.5, 0.6) is 0 Å². The molecule has 0 fully saturated rings. The molecule has 0 bridgehead atoms. The number of benzene rings is 1. The van der Waals surface area contributed by atoms with Crippen LogP contribution in [-0.2, 0) is 20.6 Å². The van der Waals surface area contributed by atoms with E-state index in [9.17, 15) is 10.1 Å². The third-order valence-electron chi connectivity index (χ3n) is 3.72. The van der Waals surface area contributed by atoms with Gasteiger partial charge in [-0.1, -0.05) is 42.0 Å². The van der Waals surface area contributed by atoms with Crippen molar-refractivity contribution < 1.29 is 14.0 Å². The third kappa shape index (κ3) is 8.66. The summed E-state index contributed by atoms with van der Waals surface area (Å²) in [7, 11) is -2.36. The van der Waals surface area contributed by atoms with Crippen molar-refractivity contribution in [3.63, 3.8) is 0 Å². The Morgan fingerprint density at radius 2 is 1.92 bits per heavy atom. The first-order valence-electron chi connectivity index (χ1n) is 8.60. The predicted octanol–water partition coefficient (Wildman–Crippen LogP) is 4.98. The van der Waals surface area contributed by atoms with Gasteiger partial charge in [-0.3, -0.25) is 4.79 Å². The van der Waals surface area contributed by atoms with Crippen LogP contribution in [-0.4, -0.2) is 19.9 Å². The van der Waals surface area contributed by atoms with Gasteiger partial charge in [0, 0.05) is 0 Å². The molecule has 0 aliphatic carbocycles. The van der Waals surface area contributed by atoms with Crippen LogP contribution in [0.25, 0.3) is 0 Å². The molecule has 5 heteroatoms. The topological polar surface area (TPSA) is 59.3 Å². The van der Waals surface area contributed by atoms with Crippen molar-refractivity contribution in [2.24, 2.45) is 0 Å². The largest absolute Gasteiger partial charge is 0.461 e. The number of rotatable bonds is 9. The van der Waals surface area contributed by atoms with Gasteiger partial charge in [0.2, 0.25) is 0 Å². The monoisotopic (exact) mass is 359 g/mol. The number of hydrogen-bond acceptors (Lipinski definition) is 4. The first-order chi connectivity index (χ1) is 11.7. The Labute approximate surface area is 152 Å². The second kappa shape index (κ2) is 9.55. The lowest BCUT2D eigenvalue weighted by atomic mass is 10.0. The molecule has 1 atom stereocenters. The highest BCUT2D eigenvalue weighted by Crippen LogP contribution is 2.26. The van der Waals surface area contributed by atoms with Gasteiger partial charge in [0.05, 0.1) is 12.1 Å². The van der Waals surface area contributed by atoms with E-state index in [0.29, 0.717) is 6.42 Å². The summed E-state index contributed by atoms with van der Waals surface area (Å²) in [6, 6.07) is 12.1. The zero-order valence-electron chi connectivity index (χ0n) is 16.0. The van der Waals surface area contributed by atoms with Crippen molar-refractivity contribution in [3.05, 3.63) is 47.5 Å². The Hall–Kier alpha value is -1.90. The normalized spacial score (nSPS) is 13.4. The van der Waals surface area contributed by atoms with Crippen LogP contribution >= 0.6 is 0 Å². The first kappa shape index (κ1) is 21.1. The Bertz CT molecular complexity index is 630. The van der Waals surface area contributed by atoms with Crippen molar-refractivity contribution >= 4 is 14.3 Å². The number of carbonyl (C=O) groups is 1. The summed E-state index contributed by atoms with van der Waals surface area (Å²) in [6.07, 6.45) is 3.50. The molecule has 0 aliphatic rings. The average molecular weight is 360 g/mol. The fraction of sp³-hybridized carbons (Fsp3) is 0.500. The van der Waals surface area contributed by atoms with Gasteiger partial charge < -0.3 is 9.16 Å². The van der Waals surface area contributed by atoms with E-state index in [2.05, 4.69) is 12.1 Å². The van der Waals surface area contributed by atoms with E-state index in [4.69, 9.17) is 9.16 Å². The lowest BCUT2D eigenvalue weighted by Gasteiger charge is -2.32. The molecule has 1 aromatic carbocycles. The van der Waals surface area contributed by atoms with Gasteiger partial charge in [0.15, 0.2) is 8.32 Å². The van der Waals surface area contributed by atoms with Crippen molar-refractivity contribution in [2.45, 2.75) is 65.0 Å². The Morgan fingerprint density at radius 3 is 2.48 bits per heavy atom. The molecule has 0 radical (unpaired) electrons. The number of hydrogen-bond donors (Lipinski definition) is 0. The van der Waals surface area contributed by atoms with Crippen molar-refractivity contribution in [2.75, 3.05) is 0 Å². The quantitative estimate of drug-likeness (QED) is 0.354. The molecule has 1 unspecified atom stereocenters. The molecule has 0 amide bonds. The molecule has 4 nitrogen and oxygen atoms in total. The minimum Gasteiger partial charge on any atom is -0.461 e.